The van der Waals surface area contributed by atoms with Crippen LogP contribution in [0.1, 0.15) is 125 Å². The number of amides is 9. The number of aromatic hydroxyl groups is 3. The molecule has 25 N–H and O–H groups in total. The first-order valence-electron chi connectivity index (χ1n) is 37.6. The minimum Gasteiger partial charge on any atom is -0.508 e. The maximum Gasteiger partial charge on any atom is 0.410 e. The van der Waals surface area contributed by atoms with Gasteiger partial charge in [0.15, 0.2) is 29.9 Å². The highest BCUT2D eigenvalue weighted by molar-refractivity contribution is 7.70. The third-order valence-corrected chi connectivity index (χ3v) is 24.5. The van der Waals surface area contributed by atoms with Crippen LogP contribution in [-0.2, 0) is 80.8 Å². The molecule has 0 aliphatic carbocycles. The van der Waals surface area contributed by atoms with Gasteiger partial charge in [0, 0.05) is 35.6 Å². The van der Waals surface area contributed by atoms with Crippen LogP contribution in [0.15, 0.2) is 78.9 Å². The van der Waals surface area contributed by atoms with Gasteiger partial charge in [-0.1, -0.05) is 55.2 Å². The van der Waals surface area contributed by atoms with E-state index in [1.165, 1.54) is 26.2 Å². The molecule has 7 aliphatic rings. The summed E-state index contributed by atoms with van der Waals surface area (Å²) in [5.74, 6) is -20.1. The standard InChI is InChI=1S/C75H90Cl2N10O35P2/c1-27(2)14-38(79-7)63(99)85-54-56(94)30-9-12-42(36(76)16-30)118-44-18-32-19-45(60(44)122-70-61(59(97)58(96)46(25-88)120-70)121-49-24-75(6,62(98)28(3)117-49)87-72(108)116-26-115-71(107)74(4,5)23-48(93)81-73(123(109,110)111)124(112,113)114)119-43-13-10-31(17-37(43)77)57(95)55-68(104)84-53(69(105)106)35-20-33(89)21-41(91)50(35)34-15-29(8-11-40(34)90)51(65(101)86-55)83-66(102)52(32)82-64(100)39(22-47(78)92)80-67(54)103/h8-13,15-21,27-28,38-39,46,49,51-59,61-62,70,73,79,88-91,94-98H,14,22-26H2,1-7H3,(H2,78,92)(H,80,103)(H,81,93)(H,82,100)(H,83,102)(H,84,104)(H,85,99)(H,86,101)(H,87,108)(H,105,106)(H2,109,110,111)(H2,112,113,114)/t28-,38+,39-,46+,49-,51+,52+,53-,54+,55-,56+,57+,58+,59-,61+,62+,70-,75-/m0/s1. The van der Waals surface area contributed by atoms with Gasteiger partial charge in [-0.25, -0.2) is 9.59 Å². The van der Waals surface area contributed by atoms with E-state index in [1.54, 1.807) is 13.8 Å². The Morgan fingerprint density at radius 1 is 0.702 bits per heavy atom. The van der Waals surface area contributed by atoms with E-state index in [-0.39, 0.29) is 23.5 Å². The number of nitrogens with one attached hydrogen (secondary N) is 9. The fourth-order valence-electron chi connectivity index (χ4n) is 14.2. The number of carbonyl (C=O) groups excluding carboxylic acids is 10. The van der Waals surface area contributed by atoms with E-state index < -0.39 is 317 Å². The molecule has 0 radical (unpaired) electrons. The van der Waals surface area contributed by atoms with Gasteiger partial charge >= 0.3 is 33.2 Å². The minimum atomic E-state index is -5.67. The number of esters is 1. The van der Waals surface area contributed by atoms with Gasteiger partial charge in [0.25, 0.3) is 0 Å². The zero-order valence-electron chi connectivity index (χ0n) is 66.3. The molecule has 12 rings (SSSR count). The third-order valence-electron chi connectivity index (χ3n) is 20.6. The normalized spacial score (nSPS) is 26.4. The van der Waals surface area contributed by atoms with Crippen LogP contribution in [0.25, 0.3) is 11.1 Å². The number of hydrogen-bond donors (Lipinski definition) is 24. The molecule has 124 heavy (non-hydrogen) atoms. The largest absolute Gasteiger partial charge is 0.508 e. The number of alkyl carbamates (subject to hydrolysis) is 1. The second-order valence-electron chi connectivity index (χ2n) is 30.9. The number of aliphatic hydroxyl groups is 6. The highest BCUT2D eigenvalue weighted by Gasteiger charge is 2.54. The predicted octanol–water partition coefficient (Wildman–Crippen LogP) is -0.454. The Morgan fingerprint density at radius 3 is 1.86 bits per heavy atom. The Balaban J connectivity index is 1.12. The molecule has 11 bridgehead atoms. The average Bonchev–Trinajstić information content (AvgIpc) is 0.764. The number of rotatable bonds is 22. The Hall–Kier alpha value is -10.6. The van der Waals surface area contributed by atoms with Gasteiger partial charge in [-0.05, 0) is 124 Å². The number of nitrogens with two attached hydrogens (primary N) is 1. The molecule has 5 aromatic rings. The Labute approximate surface area is 712 Å². The van der Waals surface area contributed by atoms with E-state index in [2.05, 4.69) is 42.5 Å². The van der Waals surface area contributed by atoms with Crippen molar-refractivity contribution in [1.29, 1.82) is 0 Å². The van der Waals surface area contributed by atoms with Crippen molar-refractivity contribution >= 4 is 104 Å². The predicted molar refractivity (Wildman–Crippen MR) is 420 cm³/mol. The monoisotopic (exact) mass is 1820 g/mol. The fraction of sp³-hybridized carbons (Fsp3) is 0.453. The molecule has 45 nitrogen and oxygen atoms in total. The van der Waals surface area contributed by atoms with Crippen LogP contribution >= 0.6 is 38.4 Å². The van der Waals surface area contributed by atoms with E-state index in [4.69, 9.17) is 66.8 Å². The molecular formula is C75H90Cl2N10O35P2. The third kappa shape index (κ3) is 21.8. The number of carboxylic acids is 1. The van der Waals surface area contributed by atoms with Crippen molar-refractivity contribution in [2.75, 3.05) is 20.4 Å². The van der Waals surface area contributed by atoms with Crippen LogP contribution in [-0.4, -0.2) is 241 Å². The summed E-state index contributed by atoms with van der Waals surface area (Å²) in [5.41, 5.74) is -4.47. The topological polar surface area (TPSA) is 713 Å². The number of phenolic OH excluding ortho intramolecular Hbond substituents is 3. The molecule has 2 fully saturated rings. The molecule has 0 spiro atoms. The second-order valence-corrected chi connectivity index (χ2v) is 35.5. The Bertz CT molecular complexity index is 5080. The first-order valence-corrected chi connectivity index (χ1v) is 41.7. The molecule has 0 saturated carbocycles. The Kier molecular flexibility index (Phi) is 29.6. The number of halogens is 2. The van der Waals surface area contributed by atoms with Crippen LogP contribution in [0.2, 0.25) is 10.0 Å². The summed E-state index contributed by atoms with van der Waals surface area (Å²) in [6.45, 7) is 5.89. The maximum atomic E-state index is 16.2. The van der Waals surface area contributed by atoms with Crippen molar-refractivity contribution in [3.63, 3.8) is 0 Å². The van der Waals surface area contributed by atoms with Crippen molar-refractivity contribution in [1.82, 2.24) is 47.9 Å². The van der Waals surface area contributed by atoms with Gasteiger partial charge in [0.1, 0.15) is 95.6 Å². The SMILES string of the molecule is CN[C@H](CC(C)C)C(=O)N[C@H]1C(=O)N[C@@H](CC(N)=O)C(=O)N[C@H]2C(=O)N[C@H]3C(=O)N[C@H](C(=O)N[C@H](C(=O)O)c4cc(O)cc(O)c4-c4cc3ccc4O)[C@H](O)c3ccc(c(Cl)c3)Oc3cc2cc(c3O[C@@H]2O[C@H](CO)[C@@H](O)[C@H](O)[C@H]2O[C@H]2C[C@](C)(NC(=O)OCOC(=O)C(C)(C)CC(=O)NC(P(=O)(O)O)P(=O)(O)O)[C@H](O)[C@H](C)O2)Oc2ccc(cc2Cl)[C@H]1O. The molecule has 674 valence electrons. The van der Waals surface area contributed by atoms with E-state index in [0.29, 0.717) is 0 Å². The number of hydrogen-bond acceptors (Lipinski definition) is 31. The molecule has 0 unspecified atom stereocenters. The van der Waals surface area contributed by atoms with E-state index in [9.17, 15) is 118 Å². The molecule has 7 aliphatic heterocycles. The van der Waals surface area contributed by atoms with Gasteiger partial charge in [-0.2, -0.15) is 0 Å². The van der Waals surface area contributed by atoms with Gasteiger partial charge in [-0.15, -0.1) is 0 Å². The van der Waals surface area contributed by atoms with Crippen molar-refractivity contribution in [3.8, 4) is 57.1 Å². The minimum absolute atomic E-state index is 0.154. The molecule has 49 heteroatoms. The number of aliphatic carboxylic acids is 1. The Morgan fingerprint density at radius 2 is 1.29 bits per heavy atom. The molecule has 18 atom stereocenters. The van der Waals surface area contributed by atoms with Crippen molar-refractivity contribution in [2.45, 2.75) is 182 Å². The molecule has 2 saturated heterocycles. The number of likely N-dealkylation sites (N-methyl/N-ethyl adjacent to an activating group) is 1. The fourth-order valence-corrected chi connectivity index (χ4v) is 16.9. The van der Waals surface area contributed by atoms with E-state index >= 15 is 14.4 Å². The zero-order valence-corrected chi connectivity index (χ0v) is 69.6. The highest BCUT2D eigenvalue weighted by atomic mass is 35.5. The van der Waals surface area contributed by atoms with Crippen LogP contribution in [0, 0.1) is 11.3 Å². The van der Waals surface area contributed by atoms with Gasteiger partial charge in [0.2, 0.25) is 71.6 Å². The summed E-state index contributed by atoms with van der Waals surface area (Å²) in [6.07, 6.45) is -24.2. The van der Waals surface area contributed by atoms with Crippen molar-refractivity contribution < 1.29 is 170 Å². The molecule has 7 heterocycles. The zero-order chi connectivity index (χ0) is 91.6. The van der Waals surface area contributed by atoms with Crippen molar-refractivity contribution in [3.05, 3.63) is 117 Å². The quantitative estimate of drug-likeness (QED) is 0.0237. The van der Waals surface area contributed by atoms with Gasteiger partial charge in [-0.3, -0.25) is 52.3 Å². The number of phenols is 3. The van der Waals surface area contributed by atoms with Gasteiger partial charge in [0.05, 0.1) is 46.2 Å². The highest BCUT2D eigenvalue weighted by Crippen LogP contribution is 2.59. The average molecular weight is 1820 g/mol. The number of ether oxygens (including phenoxy) is 8. The second kappa shape index (κ2) is 38.4. The van der Waals surface area contributed by atoms with Crippen LogP contribution in [0.3, 0.4) is 0 Å². The van der Waals surface area contributed by atoms with Gasteiger partial charge < -0.3 is 162 Å². The number of benzene rings is 5. The number of primary amides is 1. The van der Waals surface area contributed by atoms with Crippen LogP contribution < -0.4 is 67.8 Å². The summed E-state index contributed by atoms with van der Waals surface area (Å²) in [7, 11) is -9.90. The molecule has 5 aromatic carbocycles. The summed E-state index contributed by atoms with van der Waals surface area (Å²) in [6, 6.07) is -2.12. The summed E-state index contributed by atoms with van der Waals surface area (Å²) in [4.78, 5) is 195. The number of carbonyl (C=O) groups is 11. The van der Waals surface area contributed by atoms with E-state index in [1.807, 2.05) is 0 Å². The molecular weight excluding hydrogens is 1730 g/mol. The summed E-state index contributed by atoms with van der Waals surface area (Å²) < 4.78 is 72.2. The smallest absolute Gasteiger partial charge is 0.410 e. The lowest BCUT2D eigenvalue weighted by atomic mass is 9.85. The first kappa shape index (κ1) is 95.6. The molecule has 9 amide bonds. The number of fused-ring (bicyclic) bond motifs is 15. The lowest BCUT2D eigenvalue weighted by Gasteiger charge is -2.48. The molecule has 0 aromatic heterocycles. The summed E-state index contributed by atoms with van der Waals surface area (Å²) in [5, 5.41) is 136. The summed E-state index contributed by atoms with van der Waals surface area (Å²) >= 11 is 14.2. The lowest BCUT2D eigenvalue weighted by Crippen LogP contribution is -2.66. The number of carboxylic acid groups (broad SMARTS) is 1. The lowest BCUT2D eigenvalue weighted by molar-refractivity contribution is -0.334. The van der Waals surface area contributed by atoms with Crippen LogP contribution in [0.5, 0.6) is 46.0 Å². The first-order chi connectivity index (χ1) is 57.9. The van der Waals surface area contributed by atoms with Crippen LogP contribution in [0.4, 0.5) is 4.79 Å². The maximum absolute atomic E-state index is 16.2. The number of aliphatic hydroxyl groups excluding tert-OH is 6. The van der Waals surface area contributed by atoms with E-state index in [0.717, 1.165) is 92.7 Å². The van der Waals surface area contributed by atoms with Crippen molar-refractivity contribution in [2.24, 2.45) is 17.1 Å².